The van der Waals surface area contributed by atoms with Gasteiger partial charge in [0, 0.05) is 23.5 Å². The van der Waals surface area contributed by atoms with Crippen LogP contribution >= 0.6 is 11.3 Å². The molecule has 0 saturated carbocycles. The first-order valence-electron chi connectivity index (χ1n) is 7.31. The first-order valence-corrected chi connectivity index (χ1v) is 8.19. The molecular weight excluding hydrogens is 264 g/mol. The van der Waals surface area contributed by atoms with Crippen LogP contribution in [0.4, 0.5) is 0 Å². The predicted molar refractivity (Wildman–Crippen MR) is 88.1 cm³/mol. The molecule has 0 radical (unpaired) electrons. The maximum atomic E-state index is 4.70. The van der Waals surface area contributed by atoms with Crippen molar-refractivity contribution in [3.63, 3.8) is 0 Å². The van der Waals surface area contributed by atoms with Crippen LogP contribution in [0.2, 0.25) is 0 Å². The fraction of sp³-hybridized carbons (Fsp3) is 0.471. The highest BCUT2D eigenvalue weighted by Crippen LogP contribution is 2.24. The molecule has 2 aromatic rings. The molecule has 1 N–H and O–H groups in total. The molecule has 2 rings (SSSR count). The van der Waals surface area contributed by atoms with E-state index < -0.39 is 0 Å². The van der Waals surface area contributed by atoms with Crippen molar-refractivity contribution >= 4 is 11.3 Å². The maximum Gasteiger partial charge on any atom is 0.123 e. The molecule has 0 aliphatic carbocycles. The monoisotopic (exact) mass is 288 g/mol. The number of nitrogens with one attached hydrogen (secondary N) is 1. The molecular formula is C17H24N2S. The fourth-order valence-electron chi connectivity index (χ4n) is 2.08. The lowest BCUT2D eigenvalue weighted by molar-refractivity contribution is 0.583. The topological polar surface area (TPSA) is 24.9 Å². The Balaban J connectivity index is 2.04. The third-order valence-electron chi connectivity index (χ3n) is 3.09. The Morgan fingerprint density at radius 3 is 2.40 bits per heavy atom. The summed E-state index contributed by atoms with van der Waals surface area (Å²) in [4.78, 5) is 4.70. The average molecular weight is 288 g/mol. The van der Waals surface area contributed by atoms with Crippen LogP contribution in [0.3, 0.4) is 0 Å². The van der Waals surface area contributed by atoms with Gasteiger partial charge in [0.05, 0.1) is 5.69 Å². The van der Waals surface area contributed by atoms with Crippen molar-refractivity contribution in [3.8, 4) is 10.6 Å². The normalized spacial score (nSPS) is 11.5. The average Bonchev–Trinajstić information content (AvgIpc) is 2.85. The second-order valence-corrected chi connectivity index (χ2v) is 6.83. The number of thiazole rings is 1. The number of hydrogen-bond acceptors (Lipinski definition) is 3. The number of hydrogen-bond donors (Lipinski definition) is 1. The zero-order valence-corrected chi connectivity index (χ0v) is 13.6. The standard InChI is InChI=1S/C17H24N2S/c1-12(2)9-14-5-7-15(8-6-14)17-19-16(11-20-17)10-18-13(3)4/h5-8,11-13,18H,9-10H2,1-4H3. The molecule has 108 valence electrons. The van der Waals surface area contributed by atoms with E-state index in [1.807, 2.05) is 0 Å². The van der Waals surface area contributed by atoms with Gasteiger partial charge in [-0.25, -0.2) is 4.98 Å². The van der Waals surface area contributed by atoms with Crippen LogP contribution < -0.4 is 5.32 Å². The molecule has 2 nitrogen and oxygen atoms in total. The molecule has 0 aliphatic rings. The minimum atomic E-state index is 0.496. The number of rotatable bonds is 6. The Morgan fingerprint density at radius 2 is 1.80 bits per heavy atom. The van der Waals surface area contributed by atoms with Crippen LogP contribution in [-0.2, 0) is 13.0 Å². The van der Waals surface area contributed by atoms with E-state index in [1.165, 1.54) is 11.1 Å². The van der Waals surface area contributed by atoms with Crippen molar-refractivity contribution in [3.05, 3.63) is 40.9 Å². The molecule has 3 heteroatoms. The Hall–Kier alpha value is -1.19. The van der Waals surface area contributed by atoms with Gasteiger partial charge in [0.1, 0.15) is 5.01 Å². The summed E-state index contributed by atoms with van der Waals surface area (Å²) >= 11 is 1.72. The number of aromatic nitrogens is 1. The Labute approximate surface area is 126 Å². The van der Waals surface area contributed by atoms with Crippen molar-refractivity contribution in [2.75, 3.05) is 0 Å². The van der Waals surface area contributed by atoms with Gasteiger partial charge in [-0.05, 0) is 17.9 Å². The molecule has 20 heavy (non-hydrogen) atoms. The summed E-state index contributed by atoms with van der Waals surface area (Å²) in [5.74, 6) is 0.703. The predicted octanol–water partition coefficient (Wildman–Crippen LogP) is 4.51. The zero-order valence-electron chi connectivity index (χ0n) is 12.8. The van der Waals surface area contributed by atoms with Crippen molar-refractivity contribution in [1.29, 1.82) is 0 Å². The SMILES string of the molecule is CC(C)Cc1ccc(-c2nc(CNC(C)C)cs2)cc1. The summed E-state index contributed by atoms with van der Waals surface area (Å²) in [5, 5.41) is 6.66. The largest absolute Gasteiger partial charge is 0.309 e. The van der Waals surface area contributed by atoms with Crippen LogP contribution in [0.1, 0.15) is 39.0 Å². The van der Waals surface area contributed by atoms with Gasteiger partial charge in [-0.15, -0.1) is 11.3 Å². The Bertz CT molecular complexity index is 526. The Kier molecular flexibility index (Phi) is 5.32. The van der Waals surface area contributed by atoms with E-state index in [4.69, 9.17) is 4.98 Å². The smallest absolute Gasteiger partial charge is 0.123 e. The zero-order chi connectivity index (χ0) is 14.5. The summed E-state index contributed by atoms with van der Waals surface area (Å²) < 4.78 is 0. The summed E-state index contributed by atoms with van der Waals surface area (Å²) in [7, 11) is 0. The quantitative estimate of drug-likeness (QED) is 0.846. The van der Waals surface area contributed by atoms with Crippen LogP contribution in [0.5, 0.6) is 0 Å². The van der Waals surface area contributed by atoms with Crippen LogP contribution in [0.25, 0.3) is 10.6 Å². The summed E-state index contributed by atoms with van der Waals surface area (Å²) in [6.07, 6.45) is 1.14. The van der Waals surface area contributed by atoms with Gasteiger partial charge in [0.2, 0.25) is 0 Å². The van der Waals surface area contributed by atoms with Gasteiger partial charge in [0.25, 0.3) is 0 Å². The third kappa shape index (κ3) is 4.43. The maximum absolute atomic E-state index is 4.70. The fourth-order valence-corrected chi connectivity index (χ4v) is 2.91. The van der Waals surface area contributed by atoms with Crippen molar-refractivity contribution in [2.45, 2.75) is 46.7 Å². The van der Waals surface area contributed by atoms with Gasteiger partial charge in [0.15, 0.2) is 0 Å². The molecule has 0 fully saturated rings. The molecule has 0 unspecified atom stereocenters. The van der Waals surface area contributed by atoms with Gasteiger partial charge in [-0.1, -0.05) is 52.0 Å². The highest BCUT2D eigenvalue weighted by atomic mass is 32.1. The van der Waals surface area contributed by atoms with E-state index in [0.29, 0.717) is 12.0 Å². The second kappa shape index (κ2) is 7.00. The second-order valence-electron chi connectivity index (χ2n) is 5.97. The molecule has 0 amide bonds. The minimum Gasteiger partial charge on any atom is -0.309 e. The van der Waals surface area contributed by atoms with Gasteiger partial charge >= 0.3 is 0 Å². The third-order valence-corrected chi connectivity index (χ3v) is 4.03. The van der Waals surface area contributed by atoms with Crippen molar-refractivity contribution < 1.29 is 0 Å². The molecule has 1 aromatic heterocycles. The van der Waals surface area contributed by atoms with Crippen LogP contribution in [0, 0.1) is 5.92 Å². The van der Waals surface area contributed by atoms with E-state index in [2.05, 4.69) is 62.7 Å². The van der Waals surface area contributed by atoms with Gasteiger partial charge in [-0.2, -0.15) is 0 Å². The van der Waals surface area contributed by atoms with Crippen molar-refractivity contribution in [1.82, 2.24) is 10.3 Å². The lowest BCUT2D eigenvalue weighted by atomic mass is 10.0. The van der Waals surface area contributed by atoms with Gasteiger partial charge < -0.3 is 5.32 Å². The van der Waals surface area contributed by atoms with E-state index >= 15 is 0 Å². The van der Waals surface area contributed by atoms with E-state index in [9.17, 15) is 0 Å². The van der Waals surface area contributed by atoms with E-state index in [0.717, 1.165) is 23.7 Å². The van der Waals surface area contributed by atoms with E-state index in [1.54, 1.807) is 11.3 Å². The first-order chi connectivity index (χ1) is 9.54. The van der Waals surface area contributed by atoms with E-state index in [-0.39, 0.29) is 0 Å². The van der Waals surface area contributed by atoms with Crippen LogP contribution in [0.15, 0.2) is 29.6 Å². The molecule has 0 bridgehead atoms. The number of benzene rings is 1. The highest BCUT2D eigenvalue weighted by Gasteiger charge is 2.06. The van der Waals surface area contributed by atoms with Crippen molar-refractivity contribution in [2.24, 2.45) is 5.92 Å². The molecule has 1 heterocycles. The first kappa shape index (κ1) is 15.2. The summed E-state index contributed by atoms with van der Waals surface area (Å²) in [5.41, 5.74) is 3.75. The van der Waals surface area contributed by atoms with Crippen LogP contribution in [-0.4, -0.2) is 11.0 Å². The lowest BCUT2D eigenvalue weighted by Gasteiger charge is -2.06. The molecule has 0 atom stereocenters. The molecule has 0 aliphatic heterocycles. The molecule has 0 saturated heterocycles. The number of nitrogens with zero attached hydrogens (tertiary/aromatic N) is 1. The minimum absolute atomic E-state index is 0.496. The van der Waals surface area contributed by atoms with Gasteiger partial charge in [-0.3, -0.25) is 0 Å². The summed E-state index contributed by atoms with van der Waals surface area (Å²) in [6.45, 7) is 9.66. The Morgan fingerprint density at radius 1 is 1.10 bits per heavy atom. The molecule has 0 spiro atoms. The lowest BCUT2D eigenvalue weighted by Crippen LogP contribution is -2.21. The highest BCUT2D eigenvalue weighted by molar-refractivity contribution is 7.13. The summed E-state index contributed by atoms with van der Waals surface area (Å²) in [6, 6.07) is 9.33. The molecule has 1 aromatic carbocycles.